The molecular weight excluding hydrogens is 378 g/mol. The third-order valence-corrected chi connectivity index (χ3v) is 5.19. The van der Waals surface area contributed by atoms with Crippen LogP contribution in [0.4, 0.5) is 11.4 Å². The number of amides is 1. The Hall–Kier alpha value is -2.57. The Morgan fingerprint density at radius 2 is 1.82 bits per heavy atom. The van der Waals surface area contributed by atoms with E-state index in [1.807, 2.05) is 0 Å². The van der Waals surface area contributed by atoms with Crippen molar-refractivity contribution in [2.75, 3.05) is 42.9 Å². The maximum atomic E-state index is 12.7. The van der Waals surface area contributed by atoms with Crippen molar-refractivity contribution in [2.45, 2.75) is 13.3 Å². The van der Waals surface area contributed by atoms with Gasteiger partial charge >= 0.3 is 5.97 Å². The molecule has 2 aromatic carbocycles. The van der Waals surface area contributed by atoms with Gasteiger partial charge in [-0.15, -0.1) is 0 Å². The molecule has 1 saturated heterocycles. The van der Waals surface area contributed by atoms with Crippen LogP contribution >= 0.6 is 11.6 Å². The second-order valence-corrected chi connectivity index (χ2v) is 7.21. The number of halogens is 1. The minimum Gasteiger partial charge on any atom is -0.478 e. The first-order valence-corrected chi connectivity index (χ1v) is 9.78. The van der Waals surface area contributed by atoms with Crippen molar-refractivity contribution < 1.29 is 14.7 Å². The van der Waals surface area contributed by atoms with Gasteiger partial charge in [-0.1, -0.05) is 30.7 Å². The summed E-state index contributed by atoms with van der Waals surface area (Å²) in [5.41, 5.74) is 1.78. The zero-order chi connectivity index (χ0) is 20.1. The van der Waals surface area contributed by atoms with E-state index >= 15 is 0 Å². The quantitative estimate of drug-likeness (QED) is 0.769. The first-order valence-electron chi connectivity index (χ1n) is 9.40. The molecule has 0 atom stereocenters. The zero-order valence-corrected chi connectivity index (χ0v) is 16.6. The summed E-state index contributed by atoms with van der Waals surface area (Å²) in [6.45, 7) is 6.75. The Bertz CT molecular complexity index is 864. The fourth-order valence-corrected chi connectivity index (χ4v) is 3.63. The monoisotopic (exact) mass is 401 g/mol. The van der Waals surface area contributed by atoms with E-state index < -0.39 is 5.97 Å². The largest absolute Gasteiger partial charge is 0.478 e. The van der Waals surface area contributed by atoms with E-state index in [2.05, 4.69) is 22.0 Å². The highest BCUT2D eigenvalue weighted by Gasteiger charge is 2.21. The Morgan fingerprint density at radius 3 is 2.46 bits per heavy atom. The molecule has 6 nitrogen and oxygen atoms in total. The number of rotatable bonds is 6. The smallest absolute Gasteiger partial charge is 0.335 e. The SMILES string of the molecule is CCCN1CCN(c2ccc(C(=O)O)cc2NC(=O)c2ccccc2Cl)CC1. The number of carbonyl (C=O) groups excluding carboxylic acids is 1. The number of carboxylic acid groups (broad SMARTS) is 1. The van der Waals surface area contributed by atoms with Crippen LogP contribution in [0.15, 0.2) is 42.5 Å². The number of nitrogens with zero attached hydrogens (tertiary/aromatic N) is 2. The lowest BCUT2D eigenvalue weighted by atomic mass is 10.1. The molecule has 0 radical (unpaired) electrons. The van der Waals surface area contributed by atoms with Crippen LogP contribution in [-0.2, 0) is 0 Å². The fourth-order valence-electron chi connectivity index (χ4n) is 3.41. The molecule has 0 saturated carbocycles. The number of anilines is 2. The molecule has 3 rings (SSSR count). The van der Waals surface area contributed by atoms with Gasteiger partial charge in [-0.2, -0.15) is 0 Å². The highest BCUT2D eigenvalue weighted by molar-refractivity contribution is 6.34. The molecule has 148 valence electrons. The van der Waals surface area contributed by atoms with E-state index in [-0.39, 0.29) is 11.5 Å². The van der Waals surface area contributed by atoms with Gasteiger partial charge in [-0.05, 0) is 43.3 Å². The predicted molar refractivity (Wildman–Crippen MR) is 112 cm³/mol. The first kappa shape index (κ1) is 20.2. The normalized spacial score (nSPS) is 14.7. The predicted octanol–water partition coefficient (Wildman–Crippen LogP) is 3.82. The highest BCUT2D eigenvalue weighted by Crippen LogP contribution is 2.29. The van der Waals surface area contributed by atoms with Gasteiger partial charge in [0.2, 0.25) is 0 Å². The van der Waals surface area contributed by atoms with E-state index in [1.54, 1.807) is 36.4 Å². The van der Waals surface area contributed by atoms with Crippen molar-refractivity contribution in [2.24, 2.45) is 0 Å². The van der Waals surface area contributed by atoms with Crippen molar-refractivity contribution in [3.63, 3.8) is 0 Å². The summed E-state index contributed by atoms with van der Waals surface area (Å²) >= 11 is 6.13. The van der Waals surface area contributed by atoms with Gasteiger partial charge in [-0.25, -0.2) is 4.79 Å². The van der Waals surface area contributed by atoms with Gasteiger partial charge in [0.05, 0.1) is 27.5 Å². The lowest BCUT2D eigenvalue weighted by Gasteiger charge is -2.36. The molecule has 7 heteroatoms. The van der Waals surface area contributed by atoms with Gasteiger partial charge in [-0.3, -0.25) is 9.69 Å². The first-order chi connectivity index (χ1) is 13.5. The summed E-state index contributed by atoms with van der Waals surface area (Å²) in [5.74, 6) is -1.40. The van der Waals surface area contributed by atoms with Crippen LogP contribution < -0.4 is 10.2 Å². The molecule has 0 unspecified atom stereocenters. The molecule has 0 spiro atoms. The van der Waals surface area contributed by atoms with Crippen LogP contribution in [0.25, 0.3) is 0 Å². The number of hydrogen-bond acceptors (Lipinski definition) is 4. The third-order valence-electron chi connectivity index (χ3n) is 4.86. The summed E-state index contributed by atoms with van der Waals surface area (Å²) in [7, 11) is 0. The van der Waals surface area contributed by atoms with Crippen molar-refractivity contribution >= 4 is 34.9 Å². The molecule has 1 amide bonds. The number of piperazine rings is 1. The van der Waals surface area contributed by atoms with Gasteiger partial charge in [0, 0.05) is 26.2 Å². The molecule has 2 aromatic rings. The molecule has 1 aliphatic rings. The Morgan fingerprint density at radius 1 is 1.11 bits per heavy atom. The molecule has 0 bridgehead atoms. The van der Waals surface area contributed by atoms with Crippen LogP contribution in [0.1, 0.15) is 34.1 Å². The van der Waals surface area contributed by atoms with E-state index in [0.29, 0.717) is 16.3 Å². The Kier molecular flexibility index (Phi) is 6.54. The second-order valence-electron chi connectivity index (χ2n) is 6.80. The number of carbonyl (C=O) groups is 2. The van der Waals surface area contributed by atoms with Gasteiger partial charge in [0.15, 0.2) is 0 Å². The van der Waals surface area contributed by atoms with Gasteiger partial charge < -0.3 is 15.3 Å². The standard InChI is InChI=1S/C21H24ClN3O3/c1-2-9-24-10-12-25(13-11-24)19-8-7-15(21(27)28)14-18(19)23-20(26)16-5-3-4-6-17(16)22/h3-8,14H,2,9-13H2,1H3,(H,23,26)(H,27,28). The Balaban J connectivity index is 1.86. The van der Waals surface area contributed by atoms with Crippen LogP contribution in [0.2, 0.25) is 5.02 Å². The molecule has 0 aliphatic carbocycles. The summed E-state index contributed by atoms with van der Waals surface area (Å²) in [6.07, 6.45) is 1.12. The van der Waals surface area contributed by atoms with Crippen LogP contribution in [0.3, 0.4) is 0 Å². The highest BCUT2D eigenvalue weighted by atomic mass is 35.5. The number of carboxylic acids is 1. The lowest BCUT2D eigenvalue weighted by molar-refractivity contribution is 0.0696. The van der Waals surface area contributed by atoms with Crippen LogP contribution in [-0.4, -0.2) is 54.6 Å². The maximum Gasteiger partial charge on any atom is 0.335 e. The minimum atomic E-state index is -1.03. The van der Waals surface area contributed by atoms with Crippen molar-refractivity contribution in [3.8, 4) is 0 Å². The Labute approximate surface area is 169 Å². The molecule has 1 fully saturated rings. The maximum absolute atomic E-state index is 12.7. The summed E-state index contributed by atoms with van der Waals surface area (Å²) in [4.78, 5) is 28.7. The van der Waals surface area contributed by atoms with E-state index in [0.717, 1.165) is 44.8 Å². The fraction of sp³-hybridized carbons (Fsp3) is 0.333. The summed E-state index contributed by atoms with van der Waals surface area (Å²) in [6, 6.07) is 11.6. The number of nitrogens with one attached hydrogen (secondary N) is 1. The summed E-state index contributed by atoms with van der Waals surface area (Å²) < 4.78 is 0. The van der Waals surface area contributed by atoms with Crippen molar-refractivity contribution in [3.05, 3.63) is 58.6 Å². The van der Waals surface area contributed by atoms with Crippen LogP contribution in [0, 0.1) is 0 Å². The zero-order valence-electron chi connectivity index (χ0n) is 15.8. The second kappa shape index (κ2) is 9.08. The van der Waals surface area contributed by atoms with E-state index in [4.69, 9.17) is 11.6 Å². The van der Waals surface area contributed by atoms with E-state index in [9.17, 15) is 14.7 Å². The van der Waals surface area contributed by atoms with Gasteiger partial charge in [0.25, 0.3) is 5.91 Å². The molecule has 1 aliphatic heterocycles. The molecule has 28 heavy (non-hydrogen) atoms. The van der Waals surface area contributed by atoms with Crippen molar-refractivity contribution in [1.29, 1.82) is 0 Å². The minimum absolute atomic E-state index is 0.128. The summed E-state index contributed by atoms with van der Waals surface area (Å²) in [5, 5.41) is 12.6. The molecule has 1 heterocycles. The van der Waals surface area contributed by atoms with E-state index in [1.165, 1.54) is 6.07 Å². The van der Waals surface area contributed by atoms with Crippen LogP contribution in [0.5, 0.6) is 0 Å². The number of aromatic carboxylic acids is 1. The molecular formula is C21H24ClN3O3. The molecule has 0 aromatic heterocycles. The lowest BCUT2D eigenvalue weighted by Crippen LogP contribution is -2.46. The molecule has 2 N–H and O–H groups in total. The van der Waals surface area contributed by atoms with Gasteiger partial charge in [0.1, 0.15) is 0 Å². The average molecular weight is 402 g/mol. The third kappa shape index (κ3) is 4.64. The van der Waals surface area contributed by atoms with Crippen molar-refractivity contribution in [1.82, 2.24) is 4.90 Å². The number of hydrogen-bond donors (Lipinski definition) is 2. The number of benzene rings is 2. The topological polar surface area (TPSA) is 72.9 Å². The average Bonchev–Trinajstić information content (AvgIpc) is 2.69.